The summed E-state index contributed by atoms with van der Waals surface area (Å²) < 4.78 is 10.8. The first kappa shape index (κ1) is 21.7. The lowest BCUT2D eigenvalue weighted by Gasteiger charge is -2.17. The van der Waals surface area contributed by atoms with E-state index in [4.69, 9.17) is 44.9 Å². The van der Waals surface area contributed by atoms with Crippen molar-refractivity contribution in [3.8, 4) is 11.5 Å². The van der Waals surface area contributed by atoms with Crippen LogP contribution in [0.2, 0.25) is 10.0 Å². The summed E-state index contributed by atoms with van der Waals surface area (Å²) in [5.74, 6) is -0.143. The summed E-state index contributed by atoms with van der Waals surface area (Å²) in [7, 11) is 0. The summed E-state index contributed by atoms with van der Waals surface area (Å²) in [4.78, 5) is 23.8. The summed E-state index contributed by atoms with van der Waals surface area (Å²) in [5.41, 5.74) is 4.74. The molecule has 1 atom stereocenters. The van der Waals surface area contributed by atoms with E-state index in [1.807, 2.05) is 6.07 Å². The van der Waals surface area contributed by atoms with Crippen LogP contribution in [0.25, 0.3) is 0 Å². The quantitative estimate of drug-likeness (QED) is 0.471. The highest BCUT2D eigenvalue weighted by atomic mass is 35.5. The Morgan fingerprint density at radius 3 is 2.50 bits per heavy atom. The number of hydrogen-bond donors (Lipinski definition) is 3. The highest BCUT2D eigenvalue weighted by molar-refractivity contribution is 7.80. The van der Waals surface area contributed by atoms with Crippen LogP contribution in [0, 0.1) is 0 Å². The first-order valence-electron chi connectivity index (χ1n) is 8.04. The molecule has 2 aromatic carbocycles. The minimum Gasteiger partial charge on any atom is -0.484 e. The van der Waals surface area contributed by atoms with Crippen LogP contribution in [0.5, 0.6) is 11.5 Å². The topological polar surface area (TPSA) is 88.7 Å². The number of hydrazine groups is 1. The van der Waals surface area contributed by atoms with Gasteiger partial charge in [0.2, 0.25) is 0 Å². The number of para-hydroxylation sites is 1. The van der Waals surface area contributed by atoms with Crippen LogP contribution >= 0.6 is 35.4 Å². The lowest BCUT2D eigenvalue weighted by atomic mass is 10.3. The van der Waals surface area contributed by atoms with Gasteiger partial charge in [-0.15, -0.1) is 0 Å². The summed E-state index contributed by atoms with van der Waals surface area (Å²) in [5, 5.41) is 3.01. The number of thiocarbonyl (C=S) groups is 1. The molecule has 0 saturated carbocycles. The SMILES string of the molecule is CC(Oc1ccc(Cl)cc1Cl)C(=O)NNC(=S)NC(=O)COc1ccccc1. The van der Waals surface area contributed by atoms with Crippen molar-refractivity contribution in [1.82, 2.24) is 16.2 Å². The van der Waals surface area contributed by atoms with E-state index in [0.717, 1.165) is 0 Å². The molecule has 2 amide bonds. The Labute approximate surface area is 177 Å². The van der Waals surface area contributed by atoms with E-state index in [-0.39, 0.29) is 16.7 Å². The van der Waals surface area contributed by atoms with E-state index < -0.39 is 17.9 Å². The summed E-state index contributed by atoms with van der Waals surface area (Å²) >= 11 is 16.8. The van der Waals surface area contributed by atoms with Gasteiger partial charge in [0.05, 0.1) is 5.02 Å². The van der Waals surface area contributed by atoms with Crippen molar-refractivity contribution in [3.63, 3.8) is 0 Å². The van der Waals surface area contributed by atoms with Crippen LogP contribution < -0.4 is 25.6 Å². The van der Waals surface area contributed by atoms with Gasteiger partial charge in [-0.2, -0.15) is 0 Å². The smallest absolute Gasteiger partial charge is 0.279 e. The first-order chi connectivity index (χ1) is 13.3. The van der Waals surface area contributed by atoms with Crippen molar-refractivity contribution in [2.45, 2.75) is 13.0 Å². The zero-order chi connectivity index (χ0) is 20.5. The Bertz CT molecular complexity index is 852. The molecule has 7 nitrogen and oxygen atoms in total. The van der Waals surface area contributed by atoms with Crippen LogP contribution in [-0.4, -0.2) is 29.6 Å². The van der Waals surface area contributed by atoms with Crippen LogP contribution in [0.3, 0.4) is 0 Å². The second kappa shape index (κ2) is 10.7. The average molecular weight is 442 g/mol. The number of carbonyl (C=O) groups excluding carboxylic acids is 2. The molecule has 0 fully saturated rings. The maximum absolute atomic E-state index is 12.1. The fraction of sp³-hybridized carbons (Fsp3) is 0.167. The Hall–Kier alpha value is -2.55. The standard InChI is InChI=1S/C18H17Cl2N3O4S/c1-11(27-15-8-7-12(19)9-14(15)20)17(25)22-23-18(28)21-16(24)10-26-13-5-3-2-4-6-13/h2-9,11H,10H2,1H3,(H,22,25)(H2,21,23,24,28). The molecule has 3 N–H and O–H groups in total. The van der Waals surface area contributed by atoms with Crippen molar-refractivity contribution in [2.24, 2.45) is 0 Å². The molecule has 0 bridgehead atoms. The number of carbonyl (C=O) groups is 2. The minimum atomic E-state index is -0.883. The summed E-state index contributed by atoms with van der Waals surface area (Å²) in [6, 6.07) is 13.5. The summed E-state index contributed by atoms with van der Waals surface area (Å²) in [6.45, 7) is 1.30. The number of rotatable bonds is 6. The predicted octanol–water partition coefficient (Wildman–Crippen LogP) is 2.86. The third-order valence-corrected chi connectivity index (χ3v) is 3.97. The fourth-order valence-corrected chi connectivity index (χ4v) is 2.51. The van der Waals surface area contributed by atoms with Gasteiger partial charge in [-0.25, -0.2) is 0 Å². The minimum absolute atomic E-state index is 0.0910. The molecule has 0 spiro atoms. The molecular weight excluding hydrogens is 425 g/mol. The Kier molecular flexibility index (Phi) is 8.31. The zero-order valence-electron chi connectivity index (χ0n) is 14.7. The van der Waals surface area contributed by atoms with E-state index in [0.29, 0.717) is 16.5 Å². The molecule has 0 radical (unpaired) electrons. The number of amides is 2. The maximum Gasteiger partial charge on any atom is 0.279 e. The molecule has 2 rings (SSSR count). The van der Waals surface area contributed by atoms with Gasteiger partial charge in [0.25, 0.3) is 11.8 Å². The molecule has 0 aliphatic rings. The molecular formula is C18H17Cl2N3O4S. The zero-order valence-corrected chi connectivity index (χ0v) is 17.0. The highest BCUT2D eigenvalue weighted by Crippen LogP contribution is 2.28. The Balaban J connectivity index is 1.72. The van der Waals surface area contributed by atoms with Gasteiger partial charge in [-0.1, -0.05) is 41.4 Å². The molecule has 1 unspecified atom stereocenters. The van der Waals surface area contributed by atoms with Crippen LogP contribution in [-0.2, 0) is 9.59 Å². The van der Waals surface area contributed by atoms with E-state index in [2.05, 4.69) is 16.2 Å². The van der Waals surface area contributed by atoms with Crippen molar-refractivity contribution in [1.29, 1.82) is 0 Å². The first-order valence-corrected chi connectivity index (χ1v) is 9.21. The molecule has 0 aromatic heterocycles. The lowest BCUT2D eigenvalue weighted by molar-refractivity contribution is -0.128. The van der Waals surface area contributed by atoms with Crippen LogP contribution in [0.15, 0.2) is 48.5 Å². The molecule has 10 heteroatoms. The second-order valence-corrected chi connectivity index (χ2v) is 6.68. The normalized spacial score (nSPS) is 11.1. The van der Waals surface area contributed by atoms with Crippen molar-refractivity contribution in [2.75, 3.05) is 6.61 Å². The van der Waals surface area contributed by atoms with Gasteiger partial charge in [0.15, 0.2) is 17.8 Å². The number of hydrogen-bond acceptors (Lipinski definition) is 5. The van der Waals surface area contributed by atoms with Gasteiger partial charge >= 0.3 is 0 Å². The monoisotopic (exact) mass is 441 g/mol. The van der Waals surface area contributed by atoms with Gasteiger partial charge in [-0.3, -0.25) is 25.8 Å². The molecule has 2 aromatic rings. The molecule has 0 aliphatic heterocycles. The van der Waals surface area contributed by atoms with Crippen LogP contribution in [0.1, 0.15) is 6.92 Å². The van der Waals surface area contributed by atoms with Crippen LogP contribution in [0.4, 0.5) is 0 Å². The molecule has 28 heavy (non-hydrogen) atoms. The number of benzene rings is 2. The van der Waals surface area contributed by atoms with Gasteiger partial charge in [-0.05, 0) is 49.5 Å². The van der Waals surface area contributed by atoms with Gasteiger partial charge in [0.1, 0.15) is 11.5 Å². The number of nitrogens with one attached hydrogen (secondary N) is 3. The maximum atomic E-state index is 12.1. The largest absolute Gasteiger partial charge is 0.484 e. The molecule has 0 aliphatic carbocycles. The van der Waals surface area contributed by atoms with Crippen molar-refractivity contribution < 1.29 is 19.1 Å². The number of halogens is 2. The van der Waals surface area contributed by atoms with E-state index in [1.54, 1.807) is 36.4 Å². The van der Waals surface area contributed by atoms with Gasteiger partial charge < -0.3 is 9.47 Å². The van der Waals surface area contributed by atoms with E-state index in [1.165, 1.54) is 13.0 Å². The van der Waals surface area contributed by atoms with E-state index >= 15 is 0 Å². The Morgan fingerprint density at radius 2 is 1.82 bits per heavy atom. The second-order valence-electron chi connectivity index (χ2n) is 5.43. The molecule has 0 heterocycles. The molecule has 0 saturated heterocycles. The van der Waals surface area contributed by atoms with Crippen molar-refractivity contribution in [3.05, 3.63) is 58.6 Å². The highest BCUT2D eigenvalue weighted by Gasteiger charge is 2.17. The van der Waals surface area contributed by atoms with Gasteiger partial charge in [0, 0.05) is 5.02 Å². The Morgan fingerprint density at radius 1 is 1.11 bits per heavy atom. The fourth-order valence-electron chi connectivity index (χ4n) is 1.89. The third-order valence-electron chi connectivity index (χ3n) is 3.23. The van der Waals surface area contributed by atoms with E-state index in [9.17, 15) is 9.59 Å². The molecule has 148 valence electrons. The predicted molar refractivity (Wildman–Crippen MR) is 111 cm³/mol. The average Bonchev–Trinajstić information content (AvgIpc) is 2.67. The summed E-state index contributed by atoms with van der Waals surface area (Å²) in [6.07, 6.45) is -0.883. The number of ether oxygens (including phenoxy) is 2. The lowest BCUT2D eigenvalue weighted by Crippen LogP contribution is -2.52. The van der Waals surface area contributed by atoms with Crippen molar-refractivity contribution >= 4 is 52.3 Å². The third kappa shape index (κ3) is 7.22.